The molecule has 4 nitrogen and oxygen atoms in total. The highest BCUT2D eigenvalue weighted by atomic mass is 32.2. The lowest BCUT2D eigenvalue weighted by molar-refractivity contribution is 0.371. The summed E-state index contributed by atoms with van der Waals surface area (Å²) >= 11 is 1.30. The van der Waals surface area contributed by atoms with Gasteiger partial charge < -0.3 is 0 Å². The third kappa shape index (κ3) is 3.17. The fourth-order valence-electron chi connectivity index (χ4n) is 2.82. The van der Waals surface area contributed by atoms with E-state index < -0.39 is 10.0 Å². The zero-order chi connectivity index (χ0) is 14.7. The maximum atomic E-state index is 12.6. The molecule has 1 unspecified atom stereocenters. The van der Waals surface area contributed by atoms with E-state index in [4.69, 9.17) is 0 Å². The lowest BCUT2D eigenvalue weighted by Gasteiger charge is -2.23. The summed E-state index contributed by atoms with van der Waals surface area (Å²) in [6.45, 7) is 0.640. The molecule has 21 heavy (non-hydrogen) atoms. The predicted molar refractivity (Wildman–Crippen MR) is 83.8 cm³/mol. The molecule has 3 heterocycles. The van der Waals surface area contributed by atoms with E-state index in [-0.39, 0.29) is 6.04 Å². The van der Waals surface area contributed by atoms with Gasteiger partial charge in [0.2, 0.25) is 0 Å². The van der Waals surface area contributed by atoms with Gasteiger partial charge in [-0.25, -0.2) is 8.42 Å². The summed E-state index contributed by atoms with van der Waals surface area (Å²) in [7, 11) is -3.31. The first-order valence-corrected chi connectivity index (χ1v) is 9.44. The molecule has 0 bridgehead atoms. The highest BCUT2D eigenvalue weighted by Crippen LogP contribution is 2.30. The van der Waals surface area contributed by atoms with E-state index in [1.165, 1.54) is 16.9 Å². The third-order valence-corrected chi connectivity index (χ3v) is 7.22. The Kier molecular flexibility index (Phi) is 4.37. The van der Waals surface area contributed by atoms with Crippen LogP contribution in [-0.2, 0) is 16.4 Å². The molecule has 6 heteroatoms. The Bertz CT molecular complexity index is 669. The third-order valence-electron chi connectivity index (χ3n) is 3.90. The van der Waals surface area contributed by atoms with Crippen molar-refractivity contribution in [1.29, 1.82) is 0 Å². The highest BCUT2D eigenvalue weighted by Gasteiger charge is 2.35. The summed E-state index contributed by atoms with van der Waals surface area (Å²) in [5.74, 6) is 0. The van der Waals surface area contributed by atoms with E-state index >= 15 is 0 Å². The second-order valence-electron chi connectivity index (χ2n) is 5.24. The van der Waals surface area contributed by atoms with Crippen molar-refractivity contribution in [3.05, 3.63) is 47.6 Å². The van der Waals surface area contributed by atoms with Crippen molar-refractivity contribution in [1.82, 2.24) is 9.29 Å². The van der Waals surface area contributed by atoms with Crippen LogP contribution in [0.5, 0.6) is 0 Å². The molecule has 0 amide bonds. The first-order chi connectivity index (χ1) is 10.2. The standard InChI is InChI=1S/C15H18N2O2S2/c18-21(19,15-4-2-12-20-15)17-11-1-3-14(17)6-5-13-7-9-16-10-8-13/h2,4,7-10,12,14H,1,3,5-6,11H2. The van der Waals surface area contributed by atoms with Crippen molar-refractivity contribution in [2.24, 2.45) is 0 Å². The largest absolute Gasteiger partial charge is 0.265 e. The first-order valence-electron chi connectivity index (χ1n) is 7.12. The SMILES string of the molecule is O=S(=O)(c1cccs1)N1CCCC1CCc1ccncc1. The Hall–Kier alpha value is -1.24. The fourth-order valence-corrected chi connectivity index (χ4v) is 5.67. The summed E-state index contributed by atoms with van der Waals surface area (Å²) < 4.78 is 27.4. The van der Waals surface area contributed by atoms with Crippen LogP contribution in [0.15, 0.2) is 46.2 Å². The van der Waals surface area contributed by atoms with Crippen LogP contribution in [0.2, 0.25) is 0 Å². The average Bonchev–Trinajstić information content (AvgIpc) is 3.18. The Labute approximate surface area is 129 Å². The lowest BCUT2D eigenvalue weighted by atomic mass is 10.1. The van der Waals surface area contributed by atoms with Crippen LogP contribution in [0.25, 0.3) is 0 Å². The van der Waals surface area contributed by atoms with Gasteiger partial charge in [0, 0.05) is 25.0 Å². The summed E-state index contributed by atoms with van der Waals surface area (Å²) in [5, 5.41) is 1.81. The van der Waals surface area contributed by atoms with Gasteiger partial charge >= 0.3 is 0 Å². The molecule has 112 valence electrons. The minimum absolute atomic E-state index is 0.116. The summed E-state index contributed by atoms with van der Waals surface area (Å²) in [6.07, 6.45) is 7.23. The molecule has 1 saturated heterocycles. The predicted octanol–water partition coefficient (Wildman–Crippen LogP) is 2.93. The smallest absolute Gasteiger partial charge is 0.252 e. The molecule has 1 atom stereocenters. The van der Waals surface area contributed by atoms with Crippen molar-refractivity contribution >= 4 is 21.4 Å². The summed E-state index contributed by atoms with van der Waals surface area (Å²) in [6, 6.07) is 7.59. The lowest BCUT2D eigenvalue weighted by Crippen LogP contribution is -2.35. The van der Waals surface area contributed by atoms with Gasteiger partial charge in [0.15, 0.2) is 0 Å². The summed E-state index contributed by atoms with van der Waals surface area (Å²) in [5.41, 5.74) is 1.21. The van der Waals surface area contributed by atoms with Gasteiger partial charge in [-0.1, -0.05) is 6.07 Å². The quantitative estimate of drug-likeness (QED) is 0.850. The van der Waals surface area contributed by atoms with Crippen LogP contribution in [0.3, 0.4) is 0 Å². The molecule has 1 aliphatic rings. The van der Waals surface area contributed by atoms with Gasteiger partial charge in [-0.15, -0.1) is 11.3 Å². The van der Waals surface area contributed by atoms with Gasteiger partial charge in [0.1, 0.15) is 4.21 Å². The minimum Gasteiger partial charge on any atom is -0.265 e. The van der Waals surface area contributed by atoms with Gasteiger partial charge in [-0.2, -0.15) is 4.31 Å². The van der Waals surface area contributed by atoms with E-state index in [0.29, 0.717) is 10.8 Å². The molecule has 0 aromatic carbocycles. The number of aromatic nitrogens is 1. The van der Waals surface area contributed by atoms with Crippen molar-refractivity contribution in [2.45, 2.75) is 35.9 Å². The maximum absolute atomic E-state index is 12.6. The van der Waals surface area contributed by atoms with E-state index in [2.05, 4.69) is 4.98 Å². The fraction of sp³-hybridized carbons (Fsp3) is 0.400. The van der Waals surface area contributed by atoms with Crippen LogP contribution >= 0.6 is 11.3 Å². The Morgan fingerprint density at radius 3 is 2.81 bits per heavy atom. The number of hydrogen-bond donors (Lipinski definition) is 0. The molecule has 0 spiro atoms. The van der Waals surface area contributed by atoms with Gasteiger partial charge in [-0.05, 0) is 54.8 Å². The van der Waals surface area contributed by atoms with Gasteiger partial charge in [0.25, 0.3) is 10.0 Å². The molecular weight excluding hydrogens is 304 g/mol. The molecule has 0 N–H and O–H groups in total. The molecule has 0 saturated carbocycles. The number of sulfonamides is 1. The first kappa shape index (κ1) is 14.7. The van der Waals surface area contributed by atoms with Crippen LogP contribution in [0, 0.1) is 0 Å². The average molecular weight is 322 g/mol. The van der Waals surface area contributed by atoms with Crippen molar-refractivity contribution in [2.75, 3.05) is 6.54 Å². The Morgan fingerprint density at radius 1 is 1.29 bits per heavy atom. The number of nitrogens with zero attached hydrogens (tertiary/aromatic N) is 2. The topological polar surface area (TPSA) is 50.3 Å². The van der Waals surface area contributed by atoms with Crippen molar-refractivity contribution < 1.29 is 8.42 Å². The molecule has 1 aliphatic heterocycles. The molecule has 3 rings (SSSR count). The van der Waals surface area contributed by atoms with Crippen molar-refractivity contribution in [3.63, 3.8) is 0 Å². The summed E-state index contributed by atoms with van der Waals surface area (Å²) in [4.78, 5) is 4.01. The van der Waals surface area contributed by atoms with Crippen LogP contribution in [-0.4, -0.2) is 30.3 Å². The monoisotopic (exact) mass is 322 g/mol. The Morgan fingerprint density at radius 2 is 2.10 bits per heavy atom. The second-order valence-corrected chi connectivity index (χ2v) is 8.30. The van der Waals surface area contributed by atoms with Crippen molar-refractivity contribution in [3.8, 4) is 0 Å². The van der Waals surface area contributed by atoms with E-state index in [1.807, 2.05) is 17.5 Å². The molecule has 0 radical (unpaired) electrons. The number of rotatable bonds is 5. The number of aryl methyl sites for hydroxylation is 1. The maximum Gasteiger partial charge on any atom is 0.252 e. The highest BCUT2D eigenvalue weighted by molar-refractivity contribution is 7.91. The zero-order valence-electron chi connectivity index (χ0n) is 11.7. The molecule has 2 aromatic heterocycles. The van der Waals surface area contributed by atoms with Crippen LogP contribution in [0.1, 0.15) is 24.8 Å². The minimum atomic E-state index is -3.31. The number of hydrogen-bond acceptors (Lipinski definition) is 4. The molecule has 2 aromatic rings. The number of pyridine rings is 1. The molecule has 0 aliphatic carbocycles. The zero-order valence-corrected chi connectivity index (χ0v) is 13.3. The molecule has 1 fully saturated rings. The van der Waals surface area contributed by atoms with E-state index in [9.17, 15) is 8.42 Å². The van der Waals surface area contributed by atoms with Gasteiger partial charge in [0.05, 0.1) is 0 Å². The number of thiophene rings is 1. The molecular formula is C15H18N2O2S2. The van der Waals surface area contributed by atoms with E-state index in [0.717, 1.165) is 25.7 Å². The van der Waals surface area contributed by atoms with E-state index in [1.54, 1.807) is 28.8 Å². The van der Waals surface area contributed by atoms with Crippen LogP contribution in [0.4, 0.5) is 0 Å². The Balaban J connectivity index is 1.71. The van der Waals surface area contributed by atoms with Crippen LogP contribution < -0.4 is 0 Å². The van der Waals surface area contributed by atoms with Gasteiger partial charge in [-0.3, -0.25) is 4.98 Å². The second kappa shape index (κ2) is 6.25. The normalized spacial score (nSPS) is 19.9.